The van der Waals surface area contributed by atoms with Gasteiger partial charge in [-0.25, -0.2) is 15.0 Å². The third kappa shape index (κ3) is 6.21. The molecule has 3 rings (SSSR count). The van der Waals surface area contributed by atoms with Crippen LogP contribution in [0.25, 0.3) is 0 Å². The van der Waals surface area contributed by atoms with Crippen LogP contribution in [-0.2, 0) is 0 Å². The predicted molar refractivity (Wildman–Crippen MR) is 99.1 cm³/mol. The van der Waals surface area contributed by atoms with Crippen molar-refractivity contribution in [3.8, 4) is 0 Å². The van der Waals surface area contributed by atoms with E-state index in [1.165, 1.54) is 0 Å². The zero-order chi connectivity index (χ0) is 15.8. The Morgan fingerprint density at radius 2 is 1.36 bits per heavy atom. The molecule has 7 heteroatoms. The molecule has 112 valence electrons. The van der Waals surface area contributed by atoms with Crippen molar-refractivity contribution in [1.82, 2.24) is 15.0 Å². The fourth-order valence-electron chi connectivity index (χ4n) is 1.38. The molecule has 3 aromatic heterocycles. The number of aromatic nitrogens is 3. The smallest absolute Gasteiger partial charge is 0.131 e. The van der Waals surface area contributed by atoms with Crippen LogP contribution in [-0.4, -0.2) is 15.0 Å². The molecular formula is C15H11Br3N4. The Morgan fingerprint density at radius 3 is 1.86 bits per heavy atom. The Labute approximate surface area is 153 Å². The lowest BCUT2D eigenvalue weighted by atomic mass is 10.4. The van der Waals surface area contributed by atoms with E-state index in [9.17, 15) is 0 Å². The van der Waals surface area contributed by atoms with Crippen LogP contribution in [0.1, 0.15) is 0 Å². The van der Waals surface area contributed by atoms with Gasteiger partial charge in [0.15, 0.2) is 0 Å². The molecule has 0 bridgehead atoms. The van der Waals surface area contributed by atoms with E-state index in [2.05, 4.69) is 68.1 Å². The van der Waals surface area contributed by atoms with Crippen molar-refractivity contribution in [3.05, 3.63) is 74.6 Å². The molecule has 0 amide bonds. The average molecular weight is 487 g/mol. The summed E-state index contributed by atoms with van der Waals surface area (Å²) in [5.74, 6) is 1.58. The zero-order valence-corrected chi connectivity index (χ0v) is 16.0. The molecule has 0 spiro atoms. The van der Waals surface area contributed by atoms with Crippen LogP contribution < -0.4 is 5.32 Å². The van der Waals surface area contributed by atoms with Crippen molar-refractivity contribution >= 4 is 59.4 Å². The third-order valence-electron chi connectivity index (χ3n) is 2.34. The highest BCUT2D eigenvalue weighted by Gasteiger charge is 1.95. The first-order valence-corrected chi connectivity index (χ1v) is 8.58. The number of hydrogen-bond acceptors (Lipinski definition) is 4. The van der Waals surface area contributed by atoms with Crippen LogP contribution in [0.15, 0.2) is 74.6 Å². The van der Waals surface area contributed by atoms with Crippen LogP contribution in [0.3, 0.4) is 0 Å². The minimum atomic E-state index is 0.784. The first kappa shape index (κ1) is 17.1. The molecule has 0 aliphatic rings. The second kappa shape index (κ2) is 8.97. The maximum atomic E-state index is 4.18. The van der Waals surface area contributed by atoms with Gasteiger partial charge in [-0.05, 0) is 84.2 Å². The lowest BCUT2D eigenvalue weighted by Crippen LogP contribution is -1.94. The summed E-state index contributed by atoms with van der Waals surface area (Å²) < 4.78 is 2.82. The van der Waals surface area contributed by atoms with E-state index in [0.29, 0.717) is 0 Å². The summed E-state index contributed by atoms with van der Waals surface area (Å²) in [5, 5.41) is 3.09. The van der Waals surface area contributed by atoms with E-state index in [-0.39, 0.29) is 0 Å². The summed E-state index contributed by atoms with van der Waals surface area (Å²) in [5.41, 5.74) is 0. The average Bonchev–Trinajstić information content (AvgIpc) is 2.54. The quantitative estimate of drug-likeness (QED) is 0.480. The number of nitrogens with zero attached hydrogens (tertiary/aromatic N) is 3. The van der Waals surface area contributed by atoms with E-state index in [4.69, 9.17) is 0 Å². The Kier molecular flexibility index (Phi) is 6.95. The molecule has 22 heavy (non-hydrogen) atoms. The molecule has 0 atom stereocenters. The molecular weight excluding hydrogens is 476 g/mol. The molecule has 0 unspecified atom stereocenters. The van der Waals surface area contributed by atoms with E-state index >= 15 is 0 Å². The van der Waals surface area contributed by atoms with Gasteiger partial charge < -0.3 is 5.32 Å². The van der Waals surface area contributed by atoms with Crippen LogP contribution in [0.5, 0.6) is 0 Å². The Hall–Kier alpha value is -1.31. The van der Waals surface area contributed by atoms with Crippen molar-refractivity contribution in [2.24, 2.45) is 0 Å². The van der Waals surface area contributed by atoms with Crippen molar-refractivity contribution in [1.29, 1.82) is 0 Å². The maximum Gasteiger partial charge on any atom is 0.131 e. The second-order valence-electron chi connectivity index (χ2n) is 4.00. The minimum Gasteiger partial charge on any atom is -0.325 e. The third-order valence-corrected chi connectivity index (χ3v) is 3.75. The number of rotatable bonds is 2. The second-order valence-corrected chi connectivity index (χ2v) is 6.64. The Balaban J connectivity index is 0.000000188. The summed E-state index contributed by atoms with van der Waals surface area (Å²) in [7, 11) is 0. The van der Waals surface area contributed by atoms with Crippen molar-refractivity contribution in [3.63, 3.8) is 0 Å². The van der Waals surface area contributed by atoms with Crippen molar-refractivity contribution in [2.45, 2.75) is 0 Å². The van der Waals surface area contributed by atoms with E-state index in [0.717, 1.165) is 25.2 Å². The zero-order valence-electron chi connectivity index (χ0n) is 11.2. The van der Waals surface area contributed by atoms with Gasteiger partial charge in [-0.2, -0.15) is 0 Å². The van der Waals surface area contributed by atoms with Crippen LogP contribution in [0.2, 0.25) is 0 Å². The molecule has 3 aromatic rings. The Morgan fingerprint density at radius 1 is 0.682 bits per heavy atom. The fraction of sp³-hybridized carbons (Fsp3) is 0. The molecule has 4 nitrogen and oxygen atoms in total. The molecule has 0 radical (unpaired) electrons. The lowest BCUT2D eigenvalue weighted by molar-refractivity contribution is 1.24. The monoisotopic (exact) mass is 484 g/mol. The van der Waals surface area contributed by atoms with Crippen LogP contribution in [0, 0.1) is 0 Å². The van der Waals surface area contributed by atoms with Gasteiger partial charge in [0.05, 0.1) is 0 Å². The van der Waals surface area contributed by atoms with Crippen LogP contribution >= 0.6 is 47.8 Å². The number of pyridine rings is 3. The van der Waals surface area contributed by atoms with Gasteiger partial charge >= 0.3 is 0 Å². The molecule has 3 heterocycles. The Bertz CT molecular complexity index is 667. The van der Waals surface area contributed by atoms with E-state index in [1.807, 2.05) is 42.5 Å². The van der Waals surface area contributed by atoms with Gasteiger partial charge in [0, 0.05) is 27.5 Å². The number of anilines is 2. The number of nitrogens with one attached hydrogen (secondary N) is 1. The molecule has 0 fully saturated rings. The normalized spacial score (nSPS) is 9.59. The van der Waals surface area contributed by atoms with E-state index < -0.39 is 0 Å². The number of halogens is 3. The lowest BCUT2D eigenvalue weighted by Gasteiger charge is -2.03. The summed E-state index contributed by atoms with van der Waals surface area (Å²) in [6.07, 6.45) is 5.22. The molecule has 0 saturated heterocycles. The highest BCUT2D eigenvalue weighted by molar-refractivity contribution is 9.11. The van der Waals surface area contributed by atoms with E-state index in [1.54, 1.807) is 18.6 Å². The van der Waals surface area contributed by atoms with Gasteiger partial charge in [-0.3, -0.25) is 0 Å². The van der Waals surface area contributed by atoms with Crippen LogP contribution in [0.4, 0.5) is 11.6 Å². The molecule has 0 aliphatic heterocycles. The summed E-state index contributed by atoms with van der Waals surface area (Å²) >= 11 is 9.80. The van der Waals surface area contributed by atoms with Crippen molar-refractivity contribution < 1.29 is 0 Å². The van der Waals surface area contributed by atoms with Gasteiger partial charge in [-0.1, -0.05) is 6.07 Å². The predicted octanol–water partition coefficient (Wildman–Crippen LogP) is 5.59. The molecule has 0 aromatic carbocycles. The van der Waals surface area contributed by atoms with Gasteiger partial charge in [-0.15, -0.1) is 0 Å². The maximum absolute atomic E-state index is 4.18. The molecule has 0 saturated carbocycles. The largest absolute Gasteiger partial charge is 0.325 e. The standard InChI is InChI=1S/C10H8BrN3.C5H3Br2N/c11-8-4-5-10(13-7-8)14-9-3-1-2-6-12-9;6-4-1-2-5(7)8-3-4/h1-7H,(H,12,13,14);1-3H. The van der Waals surface area contributed by atoms with Gasteiger partial charge in [0.25, 0.3) is 0 Å². The van der Waals surface area contributed by atoms with Gasteiger partial charge in [0.2, 0.25) is 0 Å². The highest BCUT2D eigenvalue weighted by Crippen LogP contribution is 2.14. The first-order chi connectivity index (χ1) is 10.6. The van der Waals surface area contributed by atoms with Gasteiger partial charge in [0.1, 0.15) is 16.2 Å². The fourth-order valence-corrected chi connectivity index (χ4v) is 2.08. The minimum absolute atomic E-state index is 0.784. The summed E-state index contributed by atoms with van der Waals surface area (Å²) in [6.45, 7) is 0. The summed E-state index contributed by atoms with van der Waals surface area (Å²) in [4.78, 5) is 12.3. The summed E-state index contributed by atoms with van der Waals surface area (Å²) in [6, 6.07) is 13.3. The first-order valence-electron chi connectivity index (χ1n) is 6.20. The topological polar surface area (TPSA) is 50.7 Å². The van der Waals surface area contributed by atoms with Crippen molar-refractivity contribution in [2.75, 3.05) is 5.32 Å². The highest BCUT2D eigenvalue weighted by atomic mass is 79.9. The molecule has 1 N–H and O–H groups in total. The molecule has 0 aliphatic carbocycles. The number of hydrogen-bond donors (Lipinski definition) is 1. The SMILES string of the molecule is Brc1ccc(Br)nc1.Brc1ccc(Nc2ccccn2)nc1.